The number of nitrogen functional groups attached to an aromatic ring is 1. The fourth-order valence-corrected chi connectivity index (χ4v) is 2.01. The molecule has 0 saturated heterocycles. The van der Waals surface area contributed by atoms with Crippen molar-refractivity contribution in [2.75, 3.05) is 5.73 Å². The Balaban J connectivity index is 2.29. The fraction of sp³-hybridized carbons (Fsp3) is 0.333. The minimum Gasteiger partial charge on any atom is -0.398 e. The molecule has 1 saturated carbocycles. The van der Waals surface area contributed by atoms with E-state index in [1.807, 2.05) is 6.92 Å². The number of anilines is 1. The average Bonchev–Trinajstić information content (AvgIpc) is 3.04. The number of aryl methyl sites for hydroxylation is 1. The summed E-state index contributed by atoms with van der Waals surface area (Å²) >= 11 is 0. The molecule has 1 aromatic carbocycles. The number of carbonyl (C=O) groups excluding carboxylic acids is 1. The van der Waals surface area contributed by atoms with Gasteiger partial charge in [-0.2, -0.15) is 0 Å². The molecular weight excluding hydrogens is 218 g/mol. The van der Waals surface area contributed by atoms with Crippen LogP contribution in [0, 0.1) is 12.8 Å². The van der Waals surface area contributed by atoms with Crippen LogP contribution in [0.25, 0.3) is 11.0 Å². The third-order valence-electron chi connectivity index (χ3n) is 3.22. The largest absolute Gasteiger partial charge is 0.398 e. The van der Waals surface area contributed by atoms with Crippen LogP contribution in [0.3, 0.4) is 0 Å². The van der Waals surface area contributed by atoms with Gasteiger partial charge in [0.25, 0.3) is 0 Å². The molecule has 0 bridgehead atoms. The van der Waals surface area contributed by atoms with Gasteiger partial charge in [0.15, 0.2) is 0 Å². The molecule has 3 rings (SSSR count). The summed E-state index contributed by atoms with van der Waals surface area (Å²) in [7, 11) is 0. The van der Waals surface area contributed by atoms with Crippen molar-refractivity contribution in [1.82, 2.24) is 9.55 Å². The lowest BCUT2D eigenvalue weighted by Crippen LogP contribution is -2.25. The predicted octanol–water partition coefficient (Wildman–Crippen LogP) is 1.27. The zero-order valence-corrected chi connectivity index (χ0v) is 9.49. The molecule has 0 atom stereocenters. The third kappa shape index (κ3) is 1.46. The summed E-state index contributed by atoms with van der Waals surface area (Å²) in [6.45, 7) is 1.86. The average molecular weight is 231 g/mol. The first-order valence-corrected chi connectivity index (χ1v) is 5.63. The highest BCUT2D eigenvalue weighted by Gasteiger charge is 2.32. The Bertz CT molecular complexity index is 677. The van der Waals surface area contributed by atoms with Crippen molar-refractivity contribution >= 4 is 22.6 Å². The van der Waals surface area contributed by atoms with Gasteiger partial charge in [0, 0.05) is 11.6 Å². The first-order chi connectivity index (χ1) is 8.08. The van der Waals surface area contributed by atoms with Gasteiger partial charge in [-0.15, -0.1) is 0 Å². The van der Waals surface area contributed by atoms with Crippen molar-refractivity contribution in [3.05, 3.63) is 28.2 Å². The molecule has 88 valence electrons. The van der Waals surface area contributed by atoms with Crippen molar-refractivity contribution in [1.29, 1.82) is 0 Å². The van der Waals surface area contributed by atoms with Crippen molar-refractivity contribution in [2.24, 2.45) is 5.92 Å². The van der Waals surface area contributed by atoms with Crippen LogP contribution in [-0.2, 0) is 0 Å². The lowest BCUT2D eigenvalue weighted by molar-refractivity contribution is 0.0887. The number of H-pyrrole nitrogens is 1. The van der Waals surface area contributed by atoms with Crippen LogP contribution in [-0.4, -0.2) is 15.5 Å². The van der Waals surface area contributed by atoms with Gasteiger partial charge in [-0.3, -0.25) is 4.79 Å². The Kier molecular flexibility index (Phi) is 1.92. The van der Waals surface area contributed by atoms with E-state index in [2.05, 4.69) is 4.98 Å². The number of hydrogen-bond acceptors (Lipinski definition) is 3. The number of rotatable bonds is 1. The molecule has 1 fully saturated rings. The number of hydrogen-bond donors (Lipinski definition) is 2. The standard InChI is InChI=1S/C12H13N3O2/c1-6-4-10-9(5-8(6)13)14-12(17)15(10)11(16)7-2-3-7/h4-5,7H,2-3,13H2,1H3,(H,14,17). The smallest absolute Gasteiger partial charge is 0.333 e. The quantitative estimate of drug-likeness (QED) is 0.725. The zero-order valence-electron chi connectivity index (χ0n) is 9.49. The zero-order chi connectivity index (χ0) is 12.2. The molecule has 1 aromatic heterocycles. The van der Waals surface area contributed by atoms with Gasteiger partial charge in [0.2, 0.25) is 5.91 Å². The number of imidazole rings is 1. The van der Waals surface area contributed by atoms with Crippen molar-refractivity contribution in [2.45, 2.75) is 19.8 Å². The highest BCUT2D eigenvalue weighted by molar-refractivity contribution is 5.93. The predicted molar refractivity (Wildman–Crippen MR) is 65.1 cm³/mol. The van der Waals surface area contributed by atoms with Crippen LogP contribution in [0.4, 0.5) is 5.69 Å². The molecule has 0 aliphatic heterocycles. The molecule has 0 amide bonds. The van der Waals surface area contributed by atoms with Crippen LogP contribution in [0.1, 0.15) is 23.2 Å². The SMILES string of the molecule is Cc1cc2c(cc1N)[nH]c(=O)n2C(=O)C1CC1. The Hall–Kier alpha value is -2.04. The van der Waals surface area contributed by atoms with E-state index in [9.17, 15) is 9.59 Å². The van der Waals surface area contributed by atoms with Gasteiger partial charge in [0.05, 0.1) is 11.0 Å². The Morgan fingerprint density at radius 3 is 2.82 bits per heavy atom. The van der Waals surface area contributed by atoms with E-state index in [-0.39, 0.29) is 17.5 Å². The lowest BCUT2D eigenvalue weighted by atomic mass is 10.2. The summed E-state index contributed by atoms with van der Waals surface area (Å²) in [5.74, 6) is -0.0880. The molecule has 2 aromatic rings. The van der Waals surface area contributed by atoms with Gasteiger partial charge in [-0.05, 0) is 37.5 Å². The molecule has 3 N–H and O–H groups in total. The number of nitrogens with two attached hydrogens (primary N) is 1. The first-order valence-electron chi connectivity index (χ1n) is 5.63. The molecule has 17 heavy (non-hydrogen) atoms. The van der Waals surface area contributed by atoms with Crippen LogP contribution in [0.15, 0.2) is 16.9 Å². The molecular formula is C12H13N3O2. The van der Waals surface area contributed by atoms with E-state index in [1.54, 1.807) is 12.1 Å². The minimum absolute atomic E-state index is 0.0181. The van der Waals surface area contributed by atoms with Gasteiger partial charge in [-0.1, -0.05) is 0 Å². The summed E-state index contributed by atoms with van der Waals surface area (Å²) in [6, 6.07) is 3.48. The number of nitrogens with zero attached hydrogens (tertiary/aromatic N) is 1. The van der Waals surface area contributed by atoms with Crippen LogP contribution in [0.2, 0.25) is 0 Å². The van der Waals surface area contributed by atoms with Crippen molar-refractivity contribution in [3.8, 4) is 0 Å². The van der Waals surface area contributed by atoms with Crippen LogP contribution in [0.5, 0.6) is 0 Å². The number of fused-ring (bicyclic) bond motifs is 1. The van der Waals surface area contributed by atoms with E-state index in [4.69, 9.17) is 5.73 Å². The second-order valence-electron chi connectivity index (χ2n) is 4.60. The summed E-state index contributed by atoms with van der Waals surface area (Å²) in [4.78, 5) is 26.5. The van der Waals surface area contributed by atoms with Crippen LogP contribution < -0.4 is 11.4 Å². The Labute approximate surface area is 97.2 Å². The third-order valence-corrected chi connectivity index (χ3v) is 3.22. The molecule has 5 nitrogen and oxygen atoms in total. The number of nitrogens with one attached hydrogen (secondary N) is 1. The van der Waals surface area contributed by atoms with Gasteiger partial charge in [0.1, 0.15) is 0 Å². The van der Waals surface area contributed by atoms with E-state index >= 15 is 0 Å². The monoisotopic (exact) mass is 231 g/mol. The number of aromatic amines is 1. The maximum Gasteiger partial charge on any atom is 0.333 e. The molecule has 1 aliphatic carbocycles. The Morgan fingerprint density at radius 1 is 1.47 bits per heavy atom. The molecule has 1 aliphatic rings. The van der Waals surface area contributed by atoms with Crippen molar-refractivity contribution < 1.29 is 4.79 Å². The summed E-state index contributed by atoms with van der Waals surface area (Å²) < 4.78 is 1.24. The van der Waals surface area contributed by atoms with Gasteiger partial charge in [-0.25, -0.2) is 9.36 Å². The summed E-state index contributed by atoms with van der Waals surface area (Å²) in [6.07, 6.45) is 1.76. The minimum atomic E-state index is -0.373. The summed E-state index contributed by atoms with van der Waals surface area (Å²) in [5.41, 5.74) is 8.13. The van der Waals surface area contributed by atoms with E-state index < -0.39 is 0 Å². The number of benzene rings is 1. The highest BCUT2D eigenvalue weighted by atomic mass is 16.2. The van der Waals surface area contributed by atoms with E-state index in [1.165, 1.54) is 4.57 Å². The molecule has 0 radical (unpaired) electrons. The first kappa shape index (κ1) is 10.1. The molecule has 1 heterocycles. The second kappa shape index (κ2) is 3.23. The van der Waals surface area contributed by atoms with Crippen LogP contribution >= 0.6 is 0 Å². The summed E-state index contributed by atoms with van der Waals surface area (Å²) in [5, 5.41) is 0. The maximum atomic E-state index is 12.0. The van der Waals surface area contributed by atoms with Gasteiger partial charge >= 0.3 is 5.69 Å². The molecule has 0 spiro atoms. The van der Waals surface area contributed by atoms with E-state index in [0.29, 0.717) is 16.7 Å². The highest BCUT2D eigenvalue weighted by Crippen LogP contribution is 2.31. The number of aromatic nitrogens is 2. The normalized spacial score (nSPS) is 15.4. The second-order valence-corrected chi connectivity index (χ2v) is 4.60. The maximum absolute atomic E-state index is 12.0. The topological polar surface area (TPSA) is 80.9 Å². The molecule has 5 heteroatoms. The van der Waals surface area contributed by atoms with Crippen molar-refractivity contribution in [3.63, 3.8) is 0 Å². The van der Waals surface area contributed by atoms with E-state index in [0.717, 1.165) is 18.4 Å². The number of carbonyl (C=O) groups is 1. The lowest BCUT2D eigenvalue weighted by Gasteiger charge is -2.03. The fourth-order valence-electron chi connectivity index (χ4n) is 2.01. The Morgan fingerprint density at radius 2 is 2.18 bits per heavy atom. The van der Waals surface area contributed by atoms with Gasteiger partial charge < -0.3 is 10.7 Å². The molecule has 0 unspecified atom stereocenters.